The van der Waals surface area contributed by atoms with Gasteiger partial charge in [-0.3, -0.25) is 14.6 Å². The van der Waals surface area contributed by atoms with Gasteiger partial charge in [0.15, 0.2) is 0 Å². The van der Waals surface area contributed by atoms with Crippen molar-refractivity contribution in [1.29, 1.82) is 0 Å². The zero-order valence-corrected chi connectivity index (χ0v) is 17.9. The van der Waals surface area contributed by atoms with Gasteiger partial charge in [0.05, 0.1) is 0 Å². The van der Waals surface area contributed by atoms with E-state index < -0.39 is 0 Å². The van der Waals surface area contributed by atoms with E-state index in [1.165, 1.54) is 0 Å². The molecule has 0 saturated carbocycles. The lowest BCUT2D eigenvalue weighted by atomic mass is 10.1. The fraction of sp³-hybridized carbons (Fsp3) is 0.208. The second kappa shape index (κ2) is 10.6. The largest absolute Gasteiger partial charge is 0.326 e. The van der Waals surface area contributed by atoms with Gasteiger partial charge in [-0.1, -0.05) is 19.9 Å². The first-order valence-electron chi connectivity index (χ1n) is 9.82. The number of aromatic nitrogens is 1. The van der Waals surface area contributed by atoms with Crippen LogP contribution >= 0.6 is 11.8 Å². The molecule has 0 radical (unpaired) electrons. The summed E-state index contributed by atoms with van der Waals surface area (Å²) >= 11 is 1.70. The number of anilines is 2. The topological polar surface area (TPSA) is 71.1 Å². The lowest BCUT2D eigenvalue weighted by Crippen LogP contribution is -2.14. The van der Waals surface area contributed by atoms with E-state index in [-0.39, 0.29) is 11.8 Å². The lowest BCUT2D eigenvalue weighted by Gasteiger charge is -2.09. The quantitative estimate of drug-likeness (QED) is 0.466. The zero-order chi connectivity index (χ0) is 21.3. The van der Waals surface area contributed by atoms with Crippen LogP contribution in [0.3, 0.4) is 0 Å². The molecular formula is C24H25N3O2S. The Labute approximate surface area is 181 Å². The van der Waals surface area contributed by atoms with E-state index in [0.29, 0.717) is 29.3 Å². The average molecular weight is 420 g/mol. The molecule has 5 nitrogen and oxygen atoms in total. The third-order valence-corrected chi connectivity index (χ3v) is 5.35. The van der Waals surface area contributed by atoms with Crippen LogP contribution in [-0.2, 0) is 10.5 Å². The Morgan fingerprint density at radius 2 is 1.60 bits per heavy atom. The molecule has 1 aromatic heterocycles. The van der Waals surface area contributed by atoms with Crippen molar-refractivity contribution in [3.05, 3.63) is 84.2 Å². The first-order valence-corrected chi connectivity index (χ1v) is 10.8. The van der Waals surface area contributed by atoms with E-state index in [1.807, 2.05) is 56.4 Å². The number of rotatable bonds is 8. The van der Waals surface area contributed by atoms with Crippen LogP contribution in [0.15, 0.2) is 78.0 Å². The highest BCUT2D eigenvalue weighted by molar-refractivity contribution is 7.98. The number of thioether (sulfide) groups is 1. The predicted molar refractivity (Wildman–Crippen MR) is 123 cm³/mol. The molecule has 6 heteroatoms. The minimum Gasteiger partial charge on any atom is -0.326 e. The van der Waals surface area contributed by atoms with Crippen molar-refractivity contribution in [1.82, 2.24) is 4.98 Å². The van der Waals surface area contributed by atoms with Gasteiger partial charge in [0.25, 0.3) is 5.91 Å². The van der Waals surface area contributed by atoms with Crippen LogP contribution in [0.2, 0.25) is 0 Å². The Kier molecular flexibility index (Phi) is 7.63. The first kappa shape index (κ1) is 21.6. The summed E-state index contributed by atoms with van der Waals surface area (Å²) in [6.45, 7) is 4.01. The molecule has 0 aliphatic heterocycles. The molecule has 0 saturated heterocycles. The SMILES string of the molecule is CC(C)CC(=O)Nc1ccc(NC(=O)c2ccc(SCc3cccnc3)cc2)cc1. The maximum absolute atomic E-state index is 12.5. The van der Waals surface area contributed by atoms with E-state index in [4.69, 9.17) is 0 Å². The van der Waals surface area contributed by atoms with E-state index >= 15 is 0 Å². The smallest absolute Gasteiger partial charge is 0.255 e. The molecule has 0 bridgehead atoms. The molecule has 0 aliphatic carbocycles. The fourth-order valence-electron chi connectivity index (χ4n) is 2.78. The van der Waals surface area contributed by atoms with Crippen molar-refractivity contribution >= 4 is 35.0 Å². The number of carbonyl (C=O) groups is 2. The number of hydrogen-bond donors (Lipinski definition) is 2. The molecule has 0 spiro atoms. The third kappa shape index (κ3) is 6.74. The van der Waals surface area contributed by atoms with Gasteiger partial charge < -0.3 is 10.6 Å². The minimum absolute atomic E-state index is 0.0109. The van der Waals surface area contributed by atoms with Gasteiger partial charge in [-0.2, -0.15) is 0 Å². The summed E-state index contributed by atoms with van der Waals surface area (Å²) in [5, 5.41) is 5.74. The molecular weight excluding hydrogens is 394 g/mol. The molecule has 3 rings (SSSR count). The summed E-state index contributed by atoms with van der Waals surface area (Å²) in [6.07, 6.45) is 4.10. The van der Waals surface area contributed by atoms with Gasteiger partial charge in [-0.25, -0.2) is 0 Å². The Hall–Kier alpha value is -3.12. The number of nitrogens with zero attached hydrogens (tertiary/aromatic N) is 1. The predicted octanol–water partition coefficient (Wildman–Crippen LogP) is 5.61. The highest BCUT2D eigenvalue weighted by Gasteiger charge is 2.08. The maximum atomic E-state index is 12.5. The highest BCUT2D eigenvalue weighted by atomic mass is 32.2. The lowest BCUT2D eigenvalue weighted by molar-refractivity contribution is -0.116. The third-order valence-electron chi connectivity index (χ3n) is 4.26. The van der Waals surface area contributed by atoms with Crippen LogP contribution < -0.4 is 10.6 Å². The van der Waals surface area contributed by atoms with Gasteiger partial charge in [0.1, 0.15) is 0 Å². The fourth-order valence-corrected chi connectivity index (χ4v) is 3.61. The zero-order valence-electron chi connectivity index (χ0n) is 17.1. The number of nitrogens with one attached hydrogen (secondary N) is 2. The summed E-state index contributed by atoms with van der Waals surface area (Å²) < 4.78 is 0. The second-order valence-corrected chi connectivity index (χ2v) is 8.40. The molecule has 2 N–H and O–H groups in total. The van der Waals surface area contributed by atoms with Gasteiger partial charge in [0.2, 0.25) is 5.91 Å². The summed E-state index contributed by atoms with van der Waals surface area (Å²) in [6, 6.07) is 18.6. The Bertz CT molecular complexity index is 972. The molecule has 2 amide bonds. The van der Waals surface area contributed by atoms with Crippen molar-refractivity contribution in [3.63, 3.8) is 0 Å². The number of pyridine rings is 1. The molecule has 0 unspecified atom stereocenters. The van der Waals surface area contributed by atoms with E-state index in [0.717, 1.165) is 16.2 Å². The molecule has 1 heterocycles. The van der Waals surface area contributed by atoms with Crippen molar-refractivity contribution < 1.29 is 9.59 Å². The Morgan fingerprint density at radius 1 is 0.933 bits per heavy atom. The van der Waals surface area contributed by atoms with Gasteiger partial charge in [-0.15, -0.1) is 11.8 Å². The summed E-state index contributed by atoms with van der Waals surface area (Å²) in [4.78, 5) is 29.5. The first-order chi connectivity index (χ1) is 14.5. The van der Waals surface area contributed by atoms with E-state index in [2.05, 4.69) is 15.6 Å². The van der Waals surface area contributed by atoms with Gasteiger partial charge in [0, 0.05) is 46.4 Å². The second-order valence-electron chi connectivity index (χ2n) is 7.35. The summed E-state index contributed by atoms with van der Waals surface area (Å²) in [5.74, 6) is 0.960. The summed E-state index contributed by atoms with van der Waals surface area (Å²) in [5.41, 5.74) is 3.15. The molecule has 0 aliphatic rings. The van der Waals surface area contributed by atoms with E-state index in [9.17, 15) is 9.59 Å². The Balaban J connectivity index is 1.52. The van der Waals surface area contributed by atoms with Gasteiger partial charge in [-0.05, 0) is 66.1 Å². The van der Waals surface area contributed by atoms with Crippen molar-refractivity contribution in [2.24, 2.45) is 5.92 Å². The van der Waals surface area contributed by atoms with Crippen molar-refractivity contribution in [2.45, 2.75) is 30.9 Å². The minimum atomic E-state index is -0.171. The van der Waals surface area contributed by atoms with Crippen LogP contribution in [0.5, 0.6) is 0 Å². The average Bonchev–Trinajstić information content (AvgIpc) is 2.74. The van der Waals surface area contributed by atoms with Crippen LogP contribution in [0.1, 0.15) is 36.2 Å². The highest BCUT2D eigenvalue weighted by Crippen LogP contribution is 2.23. The molecule has 154 valence electrons. The summed E-state index contributed by atoms with van der Waals surface area (Å²) in [7, 11) is 0. The molecule has 0 atom stereocenters. The molecule has 30 heavy (non-hydrogen) atoms. The molecule has 0 fully saturated rings. The van der Waals surface area contributed by atoms with Crippen LogP contribution in [0.25, 0.3) is 0 Å². The van der Waals surface area contributed by atoms with Crippen LogP contribution in [-0.4, -0.2) is 16.8 Å². The molecule has 3 aromatic rings. The van der Waals surface area contributed by atoms with E-state index in [1.54, 1.807) is 42.2 Å². The van der Waals surface area contributed by atoms with Crippen LogP contribution in [0.4, 0.5) is 11.4 Å². The standard InChI is InChI=1S/C24H25N3O2S/c1-17(2)14-23(28)26-20-7-9-21(10-8-20)27-24(29)19-5-11-22(12-6-19)30-16-18-4-3-13-25-15-18/h3-13,15,17H,14,16H2,1-2H3,(H,26,28)(H,27,29). The van der Waals surface area contributed by atoms with Crippen molar-refractivity contribution in [3.8, 4) is 0 Å². The van der Waals surface area contributed by atoms with Crippen molar-refractivity contribution in [2.75, 3.05) is 10.6 Å². The number of amides is 2. The Morgan fingerprint density at radius 3 is 2.20 bits per heavy atom. The number of carbonyl (C=O) groups excluding carboxylic acids is 2. The van der Waals surface area contributed by atoms with Crippen LogP contribution in [0, 0.1) is 5.92 Å². The monoisotopic (exact) mass is 419 g/mol. The molecule has 2 aromatic carbocycles. The normalized spacial score (nSPS) is 10.6. The number of hydrogen-bond acceptors (Lipinski definition) is 4. The maximum Gasteiger partial charge on any atom is 0.255 e. The van der Waals surface area contributed by atoms with Gasteiger partial charge >= 0.3 is 0 Å². The number of benzene rings is 2.